The second kappa shape index (κ2) is 15.9. The van der Waals surface area contributed by atoms with Gasteiger partial charge in [0.1, 0.15) is 52.2 Å². The predicted octanol–water partition coefficient (Wildman–Crippen LogP) is 4.33. The zero-order valence-electron chi connectivity index (χ0n) is 33.6. The summed E-state index contributed by atoms with van der Waals surface area (Å²) in [5, 5.41) is 6.85. The van der Waals surface area contributed by atoms with E-state index < -0.39 is 80.5 Å². The van der Waals surface area contributed by atoms with Crippen molar-refractivity contribution in [3.05, 3.63) is 36.5 Å². The Morgan fingerprint density at radius 1 is 1.09 bits per heavy atom. The quantitative estimate of drug-likeness (QED) is 0.306. The fourth-order valence-electron chi connectivity index (χ4n) is 7.90. The van der Waals surface area contributed by atoms with Gasteiger partial charge in [-0.1, -0.05) is 26.0 Å². The van der Waals surface area contributed by atoms with Crippen molar-refractivity contribution in [2.24, 2.45) is 17.8 Å². The predicted molar refractivity (Wildman–Crippen MR) is 208 cm³/mol. The minimum absolute atomic E-state index is 0.0334. The smallest absolute Gasteiger partial charge is 0.408 e. The van der Waals surface area contributed by atoms with Crippen LogP contribution in [0, 0.1) is 17.8 Å². The van der Waals surface area contributed by atoms with E-state index in [2.05, 4.69) is 20.3 Å². The van der Waals surface area contributed by atoms with E-state index in [4.69, 9.17) is 18.9 Å². The summed E-state index contributed by atoms with van der Waals surface area (Å²) >= 11 is 0. The molecule has 1 aromatic carbocycles. The number of methoxy groups -OCH3 is 2. The maximum atomic E-state index is 14.8. The van der Waals surface area contributed by atoms with Crippen molar-refractivity contribution in [3.8, 4) is 17.4 Å². The van der Waals surface area contributed by atoms with Crippen LogP contribution in [-0.4, -0.2) is 104 Å². The molecule has 6 rings (SSSR count). The summed E-state index contributed by atoms with van der Waals surface area (Å²) in [6, 6.07) is 2.97. The van der Waals surface area contributed by atoms with Gasteiger partial charge in [0.25, 0.3) is 5.91 Å². The molecular formula is C40H54FN5O10S. The standard InChI is InChI=1S/C40H54FN5O10S/c1-23-10-8-9-11-25-19-40(25,36(49)45-57(51,52)39(22-41)14-15-39)44-33(47)30-18-27(55-34-28-13-12-26(53-6)17-29(28)31(54-7)20-42-34)21-46(30)35(48)32(24(2)16-23)43-37(50)56-38(3,4)5/h9,11-13,17,20,23-25,27,30,32H,8,10,14-16,18-19,21-22H2,1-7H3,(H,43,50)(H,44,47)(H,45,49)/b11-9-/t23-,24-,25-,27-,30+,32+,40-/m1/s1. The molecule has 17 heteroatoms. The molecule has 2 aliphatic carbocycles. The summed E-state index contributed by atoms with van der Waals surface area (Å²) in [5.41, 5.74) is -2.52. The van der Waals surface area contributed by atoms with Gasteiger partial charge < -0.3 is 34.5 Å². The van der Waals surface area contributed by atoms with E-state index >= 15 is 0 Å². The highest BCUT2D eigenvalue weighted by Gasteiger charge is 2.64. The van der Waals surface area contributed by atoms with Crippen molar-refractivity contribution in [1.29, 1.82) is 0 Å². The summed E-state index contributed by atoms with van der Waals surface area (Å²) in [4.78, 5) is 62.3. The van der Waals surface area contributed by atoms with Crippen molar-refractivity contribution < 1.29 is 50.9 Å². The number of alkyl halides is 1. The van der Waals surface area contributed by atoms with Crippen LogP contribution in [0.1, 0.15) is 79.6 Å². The highest BCUT2D eigenvalue weighted by molar-refractivity contribution is 7.91. The van der Waals surface area contributed by atoms with E-state index in [1.807, 2.05) is 19.9 Å². The summed E-state index contributed by atoms with van der Waals surface area (Å²) in [6.07, 6.45) is 5.74. The van der Waals surface area contributed by atoms with Gasteiger partial charge in [0.05, 0.1) is 27.0 Å². The number of aromatic nitrogens is 1. The number of allylic oxidation sites excluding steroid dienone is 1. The molecule has 1 saturated heterocycles. The van der Waals surface area contributed by atoms with Crippen LogP contribution in [-0.2, 0) is 29.1 Å². The van der Waals surface area contributed by atoms with Crippen molar-refractivity contribution in [1.82, 2.24) is 25.2 Å². The molecule has 2 saturated carbocycles. The Balaban J connectivity index is 1.36. The number of alkyl carbamates (subject to hydrolysis) is 1. The molecule has 4 amide bonds. The first-order chi connectivity index (χ1) is 26.9. The fraction of sp³-hybridized carbons (Fsp3) is 0.625. The Kier molecular flexibility index (Phi) is 11.7. The van der Waals surface area contributed by atoms with Crippen LogP contribution in [0.3, 0.4) is 0 Å². The van der Waals surface area contributed by atoms with E-state index in [9.17, 15) is 32.0 Å². The summed E-state index contributed by atoms with van der Waals surface area (Å²) < 4.78 is 63.6. The third-order valence-corrected chi connectivity index (χ3v) is 13.6. The number of pyridine rings is 1. The number of hydrogen-bond acceptors (Lipinski definition) is 11. The molecule has 312 valence electrons. The van der Waals surface area contributed by atoms with Crippen molar-refractivity contribution >= 4 is 44.6 Å². The van der Waals surface area contributed by atoms with Gasteiger partial charge in [0, 0.05) is 23.1 Å². The minimum atomic E-state index is -4.40. The number of sulfonamides is 1. The van der Waals surface area contributed by atoms with Gasteiger partial charge in [-0.3, -0.25) is 19.1 Å². The van der Waals surface area contributed by atoms with Gasteiger partial charge in [-0.15, -0.1) is 0 Å². The number of carbonyl (C=O) groups is 4. The second-order valence-corrected chi connectivity index (χ2v) is 19.1. The number of amides is 4. The topological polar surface area (TPSA) is 192 Å². The van der Waals surface area contributed by atoms with E-state index in [1.54, 1.807) is 52.2 Å². The molecule has 15 nitrogen and oxygen atoms in total. The summed E-state index contributed by atoms with van der Waals surface area (Å²) in [5.74, 6) is -1.79. The van der Waals surface area contributed by atoms with Crippen LogP contribution in [0.25, 0.3) is 10.8 Å². The molecule has 1 aromatic heterocycles. The summed E-state index contributed by atoms with van der Waals surface area (Å²) in [7, 11) is -1.34. The molecule has 3 fully saturated rings. The first-order valence-corrected chi connectivity index (χ1v) is 20.9. The molecule has 2 aromatic rings. The van der Waals surface area contributed by atoms with Gasteiger partial charge in [0.2, 0.25) is 27.7 Å². The molecule has 0 spiro atoms. The van der Waals surface area contributed by atoms with Gasteiger partial charge in [-0.2, -0.15) is 0 Å². The zero-order chi connectivity index (χ0) is 41.5. The number of carbonyl (C=O) groups excluding carboxylic acids is 4. The van der Waals surface area contributed by atoms with Crippen LogP contribution < -0.4 is 29.6 Å². The lowest BCUT2D eigenvalue weighted by Gasteiger charge is -2.33. The van der Waals surface area contributed by atoms with Crippen LogP contribution in [0.4, 0.5) is 9.18 Å². The van der Waals surface area contributed by atoms with E-state index in [-0.39, 0.29) is 49.9 Å². The molecule has 7 atom stereocenters. The number of fused-ring (bicyclic) bond motifs is 3. The zero-order valence-corrected chi connectivity index (χ0v) is 34.4. The molecule has 3 N–H and O–H groups in total. The largest absolute Gasteiger partial charge is 0.497 e. The average molecular weight is 816 g/mol. The molecule has 0 radical (unpaired) electrons. The number of benzene rings is 1. The fourth-order valence-corrected chi connectivity index (χ4v) is 9.32. The first kappa shape index (κ1) is 41.9. The van der Waals surface area contributed by atoms with Gasteiger partial charge >= 0.3 is 6.09 Å². The average Bonchev–Trinajstić information content (AvgIpc) is 4.05. The third kappa shape index (κ3) is 8.77. The van der Waals surface area contributed by atoms with Crippen molar-refractivity contribution in [2.45, 2.75) is 114 Å². The van der Waals surface area contributed by atoms with Crippen molar-refractivity contribution in [2.75, 3.05) is 27.4 Å². The maximum absolute atomic E-state index is 14.8. The summed E-state index contributed by atoms with van der Waals surface area (Å²) in [6.45, 7) is 7.82. The molecule has 2 aliphatic heterocycles. The molecular weight excluding hydrogens is 762 g/mol. The SMILES string of the molecule is COc1ccc2c(O[C@@H]3C[C@H]4C(=O)N[C@]5(C(=O)NS(=O)(=O)C6(CF)CC6)C[C@H]5/C=C\CC[C@@H](C)C[C@@H](C)[C@H](NC(=O)OC(C)(C)C)C(=O)N4C3)ncc(OC)c2c1. The molecule has 3 heterocycles. The minimum Gasteiger partial charge on any atom is -0.497 e. The Bertz CT molecular complexity index is 2040. The van der Waals surface area contributed by atoms with Crippen LogP contribution in [0.2, 0.25) is 0 Å². The molecule has 0 bridgehead atoms. The highest BCUT2D eigenvalue weighted by atomic mass is 32.2. The number of halogens is 1. The maximum Gasteiger partial charge on any atom is 0.408 e. The highest BCUT2D eigenvalue weighted by Crippen LogP contribution is 2.48. The third-order valence-electron chi connectivity index (χ3n) is 11.5. The second-order valence-electron chi connectivity index (χ2n) is 17.0. The molecule has 57 heavy (non-hydrogen) atoms. The van der Waals surface area contributed by atoms with Gasteiger partial charge in [-0.05, 0) is 89.3 Å². The Morgan fingerprint density at radius 3 is 2.47 bits per heavy atom. The lowest BCUT2D eigenvalue weighted by molar-refractivity contribution is -0.142. The lowest BCUT2D eigenvalue weighted by atomic mass is 9.88. The van der Waals surface area contributed by atoms with Crippen LogP contribution >= 0.6 is 0 Å². The Labute approximate surface area is 332 Å². The van der Waals surface area contributed by atoms with Gasteiger partial charge in [-0.25, -0.2) is 22.6 Å². The lowest BCUT2D eigenvalue weighted by Crippen LogP contribution is -2.59. The number of rotatable bonds is 9. The number of nitrogens with one attached hydrogen (secondary N) is 3. The van der Waals surface area contributed by atoms with Crippen LogP contribution in [0.15, 0.2) is 36.5 Å². The Hall–Kier alpha value is -4.67. The number of ether oxygens (including phenoxy) is 4. The van der Waals surface area contributed by atoms with Crippen LogP contribution in [0.5, 0.6) is 17.4 Å². The normalized spacial score (nSPS) is 29.4. The van der Waals surface area contributed by atoms with E-state index in [0.717, 1.165) is 6.42 Å². The number of hydrogen-bond donors (Lipinski definition) is 3. The monoisotopic (exact) mass is 815 g/mol. The van der Waals surface area contributed by atoms with Crippen molar-refractivity contribution in [3.63, 3.8) is 0 Å². The molecule has 4 aliphatic rings. The molecule has 0 unspecified atom stereocenters. The number of nitrogens with zero attached hydrogens (tertiary/aromatic N) is 2. The van der Waals surface area contributed by atoms with E-state index in [0.29, 0.717) is 35.1 Å². The first-order valence-electron chi connectivity index (χ1n) is 19.4. The Morgan fingerprint density at radius 2 is 1.82 bits per heavy atom. The van der Waals surface area contributed by atoms with Gasteiger partial charge in [0.15, 0.2) is 0 Å². The van der Waals surface area contributed by atoms with E-state index in [1.165, 1.54) is 18.2 Å².